The monoisotopic (exact) mass is 370 g/mol. The molecule has 6 nitrogen and oxygen atoms in total. The van der Waals surface area contributed by atoms with Crippen LogP contribution < -0.4 is 10.1 Å². The summed E-state index contributed by atoms with van der Waals surface area (Å²) < 4.78 is 5.19. The number of nitrogens with one attached hydrogen (secondary N) is 2. The number of amides is 1. The third-order valence-corrected chi connectivity index (χ3v) is 5.51. The first kappa shape index (κ1) is 18.1. The summed E-state index contributed by atoms with van der Waals surface area (Å²) in [6.45, 7) is 6.42. The molecule has 2 N–H and O–H groups in total. The molecule has 0 radical (unpaired) electrons. The molecule has 3 aromatic rings. The van der Waals surface area contributed by atoms with Gasteiger partial charge in [0.2, 0.25) is 0 Å². The number of methoxy groups -OCH3 is 1. The van der Waals surface area contributed by atoms with Gasteiger partial charge in [-0.05, 0) is 31.2 Å². The fourth-order valence-corrected chi connectivity index (χ4v) is 3.57. The van der Waals surface area contributed by atoms with Crippen LogP contribution in [0.3, 0.4) is 0 Å². The van der Waals surface area contributed by atoms with Crippen molar-refractivity contribution in [2.24, 2.45) is 0 Å². The SMILES string of the molecule is COc1ccc(-c2[nH]ncc2CNC(=O)c2sc(C(C)C)nc2C)cc1. The van der Waals surface area contributed by atoms with E-state index in [0.717, 1.165) is 33.3 Å². The number of carbonyl (C=O) groups is 1. The summed E-state index contributed by atoms with van der Waals surface area (Å²) in [5.74, 6) is 1.01. The molecule has 3 rings (SSSR count). The Bertz CT molecular complexity index is 897. The topological polar surface area (TPSA) is 79.9 Å². The van der Waals surface area contributed by atoms with Crippen molar-refractivity contribution in [2.45, 2.75) is 33.2 Å². The summed E-state index contributed by atoms with van der Waals surface area (Å²) in [5, 5.41) is 11.1. The van der Waals surface area contributed by atoms with Crippen molar-refractivity contribution in [1.82, 2.24) is 20.5 Å². The Hall–Kier alpha value is -2.67. The van der Waals surface area contributed by atoms with Gasteiger partial charge in [-0.25, -0.2) is 4.98 Å². The molecule has 0 fully saturated rings. The number of nitrogens with zero attached hydrogens (tertiary/aromatic N) is 2. The van der Waals surface area contributed by atoms with E-state index in [4.69, 9.17) is 4.74 Å². The lowest BCUT2D eigenvalue weighted by Gasteiger charge is -2.06. The minimum atomic E-state index is -0.103. The van der Waals surface area contributed by atoms with Crippen LogP contribution in [0.1, 0.15) is 45.7 Å². The van der Waals surface area contributed by atoms with Crippen molar-refractivity contribution >= 4 is 17.2 Å². The Morgan fingerprint density at radius 1 is 1.31 bits per heavy atom. The van der Waals surface area contributed by atoms with E-state index in [-0.39, 0.29) is 5.91 Å². The van der Waals surface area contributed by atoms with E-state index in [0.29, 0.717) is 17.3 Å². The second-order valence-electron chi connectivity index (χ2n) is 6.30. The summed E-state index contributed by atoms with van der Waals surface area (Å²) in [7, 11) is 1.64. The number of benzene rings is 1. The van der Waals surface area contributed by atoms with Gasteiger partial charge in [0.05, 0.1) is 29.7 Å². The summed E-state index contributed by atoms with van der Waals surface area (Å²) in [4.78, 5) is 17.7. The summed E-state index contributed by atoms with van der Waals surface area (Å²) in [5.41, 5.74) is 3.58. The Labute approximate surface area is 156 Å². The van der Waals surface area contributed by atoms with Crippen LogP contribution in [0.5, 0.6) is 5.75 Å². The van der Waals surface area contributed by atoms with Crippen LogP contribution >= 0.6 is 11.3 Å². The number of ether oxygens (including phenoxy) is 1. The minimum absolute atomic E-state index is 0.103. The molecule has 0 atom stereocenters. The number of thiazole rings is 1. The van der Waals surface area contributed by atoms with Gasteiger partial charge in [-0.1, -0.05) is 13.8 Å². The smallest absolute Gasteiger partial charge is 0.263 e. The zero-order chi connectivity index (χ0) is 18.7. The van der Waals surface area contributed by atoms with E-state index in [9.17, 15) is 4.79 Å². The first-order valence-electron chi connectivity index (χ1n) is 8.41. The number of carbonyl (C=O) groups excluding carboxylic acids is 1. The lowest BCUT2D eigenvalue weighted by Crippen LogP contribution is -2.22. The van der Waals surface area contributed by atoms with E-state index in [2.05, 4.69) is 34.3 Å². The third kappa shape index (κ3) is 3.77. The summed E-state index contributed by atoms with van der Waals surface area (Å²) in [6, 6.07) is 7.71. The highest BCUT2D eigenvalue weighted by Gasteiger charge is 2.17. The second kappa shape index (κ2) is 7.70. The van der Waals surface area contributed by atoms with Gasteiger partial charge in [0.25, 0.3) is 5.91 Å². The van der Waals surface area contributed by atoms with Gasteiger partial charge >= 0.3 is 0 Å². The minimum Gasteiger partial charge on any atom is -0.497 e. The molecule has 0 aliphatic carbocycles. The lowest BCUT2D eigenvalue weighted by atomic mass is 10.1. The molecule has 1 aromatic carbocycles. The fraction of sp³-hybridized carbons (Fsp3) is 0.316. The number of rotatable bonds is 6. The van der Waals surface area contributed by atoms with Crippen molar-refractivity contribution in [3.63, 3.8) is 0 Å². The van der Waals surface area contributed by atoms with E-state index in [1.54, 1.807) is 13.3 Å². The normalized spacial score (nSPS) is 11.0. The zero-order valence-corrected chi connectivity index (χ0v) is 16.1. The first-order chi connectivity index (χ1) is 12.5. The highest BCUT2D eigenvalue weighted by molar-refractivity contribution is 7.13. The number of H-pyrrole nitrogens is 1. The van der Waals surface area contributed by atoms with Gasteiger partial charge in [-0.3, -0.25) is 9.89 Å². The molecule has 7 heteroatoms. The van der Waals surface area contributed by atoms with E-state index in [1.165, 1.54) is 11.3 Å². The van der Waals surface area contributed by atoms with Gasteiger partial charge < -0.3 is 10.1 Å². The molecule has 0 spiro atoms. The van der Waals surface area contributed by atoms with Crippen molar-refractivity contribution in [1.29, 1.82) is 0 Å². The van der Waals surface area contributed by atoms with Crippen LogP contribution in [-0.4, -0.2) is 28.2 Å². The van der Waals surface area contributed by atoms with Gasteiger partial charge in [-0.15, -0.1) is 11.3 Å². The van der Waals surface area contributed by atoms with Gasteiger partial charge in [0.15, 0.2) is 0 Å². The molecule has 0 aliphatic rings. The Morgan fingerprint density at radius 3 is 2.65 bits per heavy atom. The van der Waals surface area contributed by atoms with Crippen LogP contribution in [0, 0.1) is 6.92 Å². The molecule has 0 saturated heterocycles. The standard InChI is InChI=1S/C19H22N4O2S/c1-11(2)19-22-12(3)17(26-19)18(24)20-9-14-10-21-23-16(14)13-5-7-15(25-4)8-6-13/h5-8,10-11H,9H2,1-4H3,(H,20,24)(H,21,23). The number of hydrogen-bond donors (Lipinski definition) is 2. The molecule has 0 saturated carbocycles. The molecular weight excluding hydrogens is 348 g/mol. The number of aromatic amines is 1. The molecule has 0 bridgehead atoms. The quantitative estimate of drug-likeness (QED) is 0.689. The fourth-order valence-electron chi connectivity index (χ4n) is 2.58. The lowest BCUT2D eigenvalue weighted by molar-refractivity contribution is 0.0954. The predicted molar refractivity (Wildman–Crippen MR) is 103 cm³/mol. The largest absolute Gasteiger partial charge is 0.497 e. The average Bonchev–Trinajstić information content (AvgIpc) is 3.26. The third-order valence-electron chi connectivity index (χ3n) is 4.05. The molecule has 2 aromatic heterocycles. The Kier molecular flexibility index (Phi) is 5.37. The van der Waals surface area contributed by atoms with Crippen molar-refractivity contribution in [3.05, 3.63) is 51.6 Å². The molecule has 0 aliphatic heterocycles. The highest BCUT2D eigenvalue weighted by atomic mass is 32.1. The molecule has 26 heavy (non-hydrogen) atoms. The highest BCUT2D eigenvalue weighted by Crippen LogP contribution is 2.26. The molecule has 0 unspecified atom stereocenters. The van der Waals surface area contributed by atoms with E-state index >= 15 is 0 Å². The zero-order valence-electron chi connectivity index (χ0n) is 15.3. The molecule has 1 amide bonds. The van der Waals surface area contributed by atoms with Crippen molar-refractivity contribution in [2.75, 3.05) is 7.11 Å². The predicted octanol–water partition coefficient (Wildman–Crippen LogP) is 3.90. The summed E-state index contributed by atoms with van der Waals surface area (Å²) >= 11 is 1.46. The molecular formula is C19H22N4O2S. The summed E-state index contributed by atoms with van der Waals surface area (Å²) in [6.07, 6.45) is 1.74. The van der Waals surface area contributed by atoms with Crippen LogP contribution in [0.2, 0.25) is 0 Å². The van der Waals surface area contributed by atoms with Gasteiger partial charge in [-0.2, -0.15) is 5.10 Å². The van der Waals surface area contributed by atoms with Crippen LogP contribution in [0.15, 0.2) is 30.5 Å². The number of aryl methyl sites for hydroxylation is 1. The Morgan fingerprint density at radius 2 is 2.04 bits per heavy atom. The van der Waals surface area contributed by atoms with Crippen LogP contribution in [0.25, 0.3) is 11.3 Å². The van der Waals surface area contributed by atoms with Crippen LogP contribution in [-0.2, 0) is 6.54 Å². The maximum absolute atomic E-state index is 12.5. The Balaban J connectivity index is 1.72. The van der Waals surface area contributed by atoms with E-state index < -0.39 is 0 Å². The van der Waals surface area contributed by atoms with Crippen molar-refractivity contribution < 1.29 is 9.53 Å². The number of hydrogen-bond acceptors (Lipinski definition) is 5. The van der Waals surface area contributed by atoms with Gasteiger partial charge in [0.1, 0.15) is 10.6 Å². The first-order valence-corrected chi connectivity index (χ1v) is 9.23. The maximum atomic E-state index is 12.5. The van der Waals surface area contributed by atoms with E-state index in [1.807, 2.05) is 31.2 Å². The van der Waals surface area contributed by atoms with Crippen molar-refractivity contribution in [3.8, 4) is 17.0 Å². The van der Waals surface area contributed by atoms with Gasteiger partial charge in [0, 0.05) is 23.6 Å². The molecule has 136 valence electrons. The maximum Gasteiger partial charge on any atom is 0.263 e. The average molecular weight is 370 g/mol. The second-order valence-corrected chi connectivity index (χ2v) is 7.33. The molecule has 2 heterocycles. The van der Waals surface area contributed by atoms with Crippen LogP contribution in [0.4, 0.5) is 0 Å². The number of aromatic nitrogens is 3.